The number of ether oxygens (including phenoxy) is 1. The predicted molar refractivity (Wildman–Crippen MR) is 97.3 cm³/mol. The third-order valence-corrected chi connectivity index (χ3v) is 5.54. The topological polar surface area (TPSA) is 97.2 Å². The highest BCUT2D eigenvalue weighted by atomic mass is 32.1. The number of carbonyl (C=O) groups is 2. The molecule has 0 spiro atoms. The molecule has 2 heterocycles. The van der Waals surface area contributed by atoms with E-state index in [9.17, 15) is 9.59 Å². The largest absolute Gasteiger partial charge is 0.482 e. The number of rotatable bonds is 5. The van der Waals surface area contributed by atoms with E-state index in [4.69, 9.17) is 10.5 Å². The summed E-state index contributed by atoms with van der Waals surface area (Å²) in [7, 11) is 0. The monoisotopic (exact) mass is 355 g/mol. The van der Waals surface area contributed by atoms with Crippen LogP contribution in [-0.2, 0) is 17.6 Å². The Labute approximate surface area is 148 Å². The quantitative estimate of drug-likeness (QED) is 0.656. The number of aromatic nitrogens is 1. The molecule has 1 aliphatic carbocycles. The van der Waals surface area contributed by atoms with Gasteiger partial charge < -0.3 is 20.8 Å². The Hall–Kier alpha value is -2.80. The molecule has 0 saturated carbocycles. The van der Waals surface area contributed by atoms with Gasteiger partial charge in [-0.25, -0.2) is 0 Å². The summed E-state index contributed by atoms with van der Waals surface area (Å²) in [6.07, 6.45) is 4.53. The van der Waals surface area contributed by atoms with Crippen LogP contribution >= 0.6 is 11.3 Å². The maximum atomic E-state index is 12.3. The summed E-state index contributed by atoms with van der Waals surface area (Å²) in [6.45, 7) is -0.136. The van der Waals surface area contributed by atoms with Crippen LogP contribution in [0, 0.1) is 0 Å². The van der Waals surface area contributed by atoms with E-state index in [0.29, 0.717) is 16.3 Å². The van der Waals surface area contributed by atoms with Crippen molar-refractivity contribution >= 4 is 39.1 Å². The lowest BCUT2D eigenvalue weighted by molar-refractivity contribution is -0.118. The molecule has 0 unspecified atom stereocenters. The lowest BCUT2D eigenvalue weighted by Gasteiger charge is -2.07. The van der Waals surface area contributed by atoms with Crippen LogP contribution in [0.4, 0.5) is 5.00 Å². The Balaban J connectivity index is 1.47. The van der Waals surface area contributed by atoms with Gasteiger partial charge in [0.2, 0.25) is 0 Å². The zero-order chi connectivity index (χ0) is 17.4. The van der Waals surface area contributed by atoms with Gasteiger partial charge in [-0.05, 0) is 37.0 Å². The molecule has 0 fully saturated rings. The summed E-state index contributed by atoms with van der Waals surface area (Å²) in [5.74, 6) is -0.186. The lowest BCUT2D eigenvalue weighted by atomic mass is 10.1. The normalized spacial score (nSPS) is 13.0. The molecule has 0 saturated heterocycles. The zero-order valence-corrected chi connectivity index (χ0v) is 14.2. The Bertz CT molecular complexity index is 973. The van der Waals surface area contributed by atoms with Crippen LogP contribution in [0.5, 0.6) is 5.75 Å². The summed E-state index contributed by atoms with van der Waals surface area (Å²) in [5, 5.41) is 4.23. The zero-order valence-electron chi connectivity index (χ0n) is 13.4. The second-order valence-electron chi connectivity index (χ2n) is 5.96. The lowest BCUT2D eigenvalue weighted by Crippen LogP contribution is -2.22. The van der Waals surface area contributed by atoms with E-state index in [1.54, 1.807) is 6.20 Å². The molecule has 0 radical (unpaired) electrons. The first-order valence-electron chi connectivity index (χ1n) is 8.06. The number of nitrogens with one attached hydrogen (secondary N) is 2. The summed E-state index contributed by atoms with van der Waals surface area (Å²) >= 11 is 1.44. The van der Waals surface area contributed by atoms with Crippen LogP contribution in [0.25, 0.3) is 10.9 Å². The Kier molecular flexibility index (Phi) is 3.93. The number of aromatic amines is 1. The van der Waals surface area contributed by atoms with Crippen molar-refractivity contribution in [1.29, 1.82) is 0 Å². The van der Waals surface area contributed by atoms with Gasteiger partial charge in [-0.15, -0.1) is 11.3 Å². The number of H-pyrrole nitrogens is 1. The van der Waals surface area contributed by atoms with Crippen molar-refractivity contribution in [3.05, 3.63) is 46.5 Å². The molecule has 3 aromatic rings. The van der Waals surface area contributed by atoms with Crippen molar-refractivity contribution in [2.45, 2.75) is 19.3 Å². The highest BCUT2D eigenvalue weighted by Crippen LogP contribution is 2.38. The molecule has 128 valence electrons. The third-order valence-electron chi connectivity index (χ3n) is 4.33. The number of amides is 2. The molecule has 7 heteroatoms. The van der Waals surface area contributed by atoms with E-state index in [2.05, 4.69) is 10.3 Å². The first kappa shape index (κ1) is 15.7. The fourth-order valence-corrected chi connectivity index (χ4v) is 4.53. The first-order valence-corrected chi connectivity index (χ1v) is 8.88. The standard InChI is InChI=1S/C18H17N3O3S/c19-17(23)16-11-5-3-7-14(11)25-18(16)21-15(22)9-24-13-8-20-12-6-2-1-4-10(12)13/h1-2,4,6,8,20H,3,5,7,9H2,(H2,19,23)(H,21,22). The number of primary amides is 1. The van der Waals surface area contributed by atoms with Gasteiger partial charge in [0.25, 0.3) is 11.8 Å². The van der Waals surface area contributed by atoms with E-state index in [-0.39, 0.29) is 12.5 Å². The maximum Gasteiger partial charge on any atom is 0.262 e. The van der Waals surface area contributed by atoms with E-state index in [1.165, 1.54) is 11.3 Å². The molecule has 0 atom stereocenters. The molecule has 6 nitrogen and oxygen atoms in total. The average Bonchev–Trinajstić information content (AvgIpc) is 3.26. The molecule has 4 N–H and O–H groups in total. The van der Waals surface area contributed by atoms with Gasteiger partial charge in [0.15, 0.2) is 6.61 Å². The molecule has 1 aliphatic rings. The van der Waals surface area contributed by atoms with Crippen LogP contribution in [0.2, 0.25) is 0 Å². The van der Waals surface area contributed by atoms with Crippen LogP contribution in [0.1, 0.15) is 27.2 Å². The van der Waals surface area contributed by atoms with Crippen LogP contribution in [-0.4, -0.2) is 23.4 Å². The van der Waals surface area contributed by atoms with Gasteiger partial charge >= 0.3 is 0 Å². The van der Waals surface area contributed by atoms with E-state index in [0.717, 1.165) is 40.6 Å². The van der Waals surface area contributed by atoms with Crippen molar-refractivity contribution in [2.24, 2.45) is 5.73 Å². The summed E-state index contributed by atoms with van der Waals surface area (Å²) < 4.78 is 5.62. The maximum absolute atomic E-state index is 12.3. The molecule has 1 aromatic carbocycles. The number of hydrogen-bond donors (Lipinski definition) is 3. The number of benzene rings is 1. The molecule has 2 aromatic heterocycles. The number of thiophene rings is 1. The highest BCUT2D eigenvalue weighted by molar-refractivity contribution is 7.17. The Morgan fingerprint density at radius 3 is 2.96 bits per heavy atom. The van der Waals surface area contributed by atoms with E-state index >= 15 is 0 Å². The minimum Gasteiger partial charge on any atom is -0.482 e. The third kappa shape index (κ3) is 2.87. The average molecular weight is 355 g/mol. The van der Waals surface area contributed by atoms with Crippen molar-refractivity contribution in [3.63, 3.8) is 0 Å². The number of aryl methyl sites for hydroxylation is 1. The highest BCUT2D eigenvalue weighted by Gasteiger charge is 2.26. The Morgan fingerprint density at radius 2 is 2.12 bits per heavy atom. The van der Waals surface area contributed by atoms with E-state index < -0.39 is 5.91 Å². The van der Waals surface area contributed by atoms with Crippen LogP contribution in [0.15, 0.2) is 30.5 Å². The van der Waals surface area contributed by atoms with Gasteiger partial charge in [-0.1, -0.05) is 12.1 Å². The number of anilines is 1. The number of nitrogens with two attached hydrogens (primary N) is 1. The molecule has 0 bridgehead atoms. The second kappa shape index (κ2) is 6.25. The smallest absolute Gasteiger partial charge is 0.262 e. The van der Waals surface area contributed by atoms with Crippen molar-refractivity contribution in [3.8, 4) is 5.75 Å². The Morgan fingerprint density at radius 1 is 1.28 bits per heavy atom. The summed E-state index contributed by atoms with van der Waals surface area (Å²) in [6, 6.07) is 7.70. The van der Waals surface area contributed by atoms with Gasteiger partial charge in [0, 0.05) is 22.0 Å². The minimum absolute atomic E-state index is 0.136. The number of hydrogen-bond acceptors (Lipinski definition) is 4. The number of fused-ring (bicyclic) bond motifs is 2. The van der Waals surface area contributed by atoms with Gasteiger partial charge in [0.05, 0.1) is 5.56 Å². The summed E-state index contributed by atoms with van der Waals surface area (Å²) in [4.78, 5) is 28.2. The molecule has 25 heavy (non-hydrogen) atoms. The summed E-state index contributed by atoms with van der Waals surface area (Å²) in [5.41, 5.74) is 7.90. The van der Waals surface area contributed by atoms with Gasteiger partial charge in [-0.2, -0.15) is 0 Å². The van der Waals surface area contributed by atoms with Gasteiger partial charge in [-0.3, -0.25) is 9.59 Å². The molecule has 4 rings (SSSR count). The van der Waals surface area contributed by atoms with Crippen LogP contribution < -0.4 is 15.8 Å². The SMILES string of the molecule is NC(=O)c1c(NC(=O)COc2c[nH]c3ccccc23)sc2c1CCC2. The predicted octanol–water partition coefficient (Wildman–Crippen LogP) is 2.83. The minimum atomic E-state index is -0.493. The van der Waals surface area contributed by atoms with Crippen molar-refractivity contribution < 1.29 is 14.3 Å². The van der Waals surface area contributed by atoms with Gasteiger partial charge in [0.1, 0.15) is 10.8 Å². The molecular formula is C18H17N3O3S. The van der Waals surface area contributed by atoms with Crippen molar-refractivity contribution in [1.82, 2.24) is 4.98 Å². The fraction of sp³-hybridized carbons (Fsp3) is 0.222. The molecule has 2 amide bonds. The number of para-hydroxylation sites is 1. The van der Waals surface area contributed by atoms with Crippen molar-refractivity contribution in [2.75, 3.05) is 11.9 Å². The van der Waals surface area contributed by atoms with Crippen LogP contribution in [0.3, 0.4) is 0 Å². The second-order valence-corrected chi connectivity index (χ2v) is 7.07. The number of carbonyl (C=O) groups excluding carboxylic acids is 2. The fourth-order valence-electron chi connectivity index (χ4n) is 3.22. The molecule has 0 aliphatic heterocycles. The molecular weight excluding hydrogens is 338 g/mol. The van der Waals surface area contributed by atoms with E-state index in [1.807, 2.05) is 24.3 Å². The first-order chi connectivity index (χ1) is 12.1.